The lowest BCUT2D eigenvalue weighted by Gasteiger charge is -2.25. The highest BCUT2D eigenvalue weighted by atomic mass is 32.2. The van der Waals surface area contributed by atoms with Gasteiger partial charge in [-0.3, -0.25) is 5.32 Å². The summed E-state index contributed by atoms with van der Waals surface area (Å²) >= 11 is 0. The second-order valence-corrected chi connectivity index (χ2v) is 7.93. The molecule has 1 aromatic heterocycles. The fourth-order valence-electron chi connectivity index (χ4n) is 2.90. The molecule has 0 amide bonds. The molecule has 2 saturated heterocycles. The average Bonchev–Trinajstić information content (AvgIpc) is 2.64. The van der Waals surface area contributed by atoms with Gasteiger partial charge in [0, 0.05) is 19.2 Å². The van der Waals surface area contributed by atoms with Crippen molar-refractivity contribution in [2.45, 2.75) is 4.90 Å². The van der Waals surface area contributed by atoms with Gasteiger partial charge < -0.3 is 14.4 Å². The summed E-state index contributed by atoms with van der Waals surface area (Å²) in [5.41, 5.74) is 0. The number of nitrogens with one attached hydrogen (secondary N) is 3. The first-order chi connectivity index (χ1) is 11.7. The molecule has 2 aliphatic heterocycles. The number of rotatable bonds is 6. The van der Waals surface area contributed by atoms with Crippen molar-refractivity contribution >= 4 is 15.8 Å². The maximum absolute atomic E-state index is 12.5. The number of quaternary nitrogens is 1. The largest absolute Gasteiger partial charge is 0.379 e. The summed E-state index contributed by atoms with van der Waals surface area (Å²) in [6, 6.07) is 3.42. The van der Waals surface area contributed by atoms with E-state index in [4.69, 9.17) is 9.47 Å². The lowest BCUT2D eigenvalue weighted by molar-refractivity contribution is -0.906. The molecule has 8 nitrogen and oxygen atoms in total. The quantitative estimate of drug-likeness (QED) is 0.606. The minimum atomic E-state index is -3.44. The van der Waals surface area contributed by atoms with E-state index in [0.29, 0.717) is 26.3 Å². The van der Waals surface area contributed by atoms with Gasteiger partial charge in [0.05, 0.1) is 26.4 Å². The number of aromatic nitrogens is 1. The van der Waals surface area contributed by atoms with Gasteiger partial charge in [-0.05, 0) is 6.07 Å². The third-order valence-electron chi connectivity index (χ3n) is 4.39. The molecule has 1 aromatic rings. The van der Waals surface area contributed by atoms with Crippen LogP contribution in [0.4, 0.5) is 5.82 Å². The molecule has 9 heteroatoms. The summed E-state index contributed by atoms with van der Waals surface area (Å²) in [5.74, 6) is 0.823. The van der Waals surface area contributed by atoms with E-state index in [-0.39, 0.29) is 4.90 Å². The average molecular weight is 358 g/mol. The zero-order valence-corrected chi connectivity index (χ0v) is 14.6. The third kappa shape index (κ3) is 4.42. The topological polar surface area (TPSA) is 86.5 Å². The van der Waals surface area contributed by atoms with E-state index in [1.54, 1.807) is 18.3 Å². The standard InChI is InChI=1S/C15H24N4O4S/c20-24(21,19-7-11-23-12-8-19)14-1-2-15(17-13-14)16-3-4-18-5-9-22-10-6-18/h1-2,13H,3-12H2,(H,16,17)/p+2. The summed E-state index contributed by atoms with van der Waals surface area (Å²) in [6.45, 7) is 7.32. The van der Waals surface area contributed by atoms with Crippen molar-refractivity contribution in [3.63, 3.8) is 0 Å². The Labute approximate surface area is 142 Å². The van der Waals surface area contributed by atoms with E-state index >= 15 is 0 Å². The molecule has 3 heterocycles. The monoisotopic (exact) mass is 358 g/mol. The third-order valence-corrected chi connectivity index (χ3v) is 6.28. The van der Waals surface area contributed by atoms with Gasteiger partial charge in [0.15, 0.2) is 0 Å². The number of morpholine rings is 2. The highest BCUT2D eigenvalue weighted by molar-refractivity contribution is 7.89. The lowest BCUT2D eigenvalue weighted by Crippen LogP contribution is -3.14. The van der Waals surface area contributed by atoms with Crippen LogP contribution >= 0.6 is 0 Å². The summed E-state index contributed by atoms with van der Waals surface area (Å²) in [7, 11) is -3.44. The SMILES string of the molecule is O=S(=O)(c1ccc(NCC[NH+]2CCOCC2)[nH+]c1)N1CCOCC1. The first kappa shape index (κ1) is 17.6. The molecule has 134 valence electrons. The number of nitrogens with zero attached hydrogens (tertiary/aromatic N) is 1. The van der Waals surface area contributed by atoms with E-state index in [1.165, 1.54) is 9.21 Å². The Balaban J connectivity index is 1.52. The van der Waals surface area contributed by atoms with Crippen LogP contribution in [0, 0.1) is 0 Å². The first-order valence-electron chi connectivity index (χ1n) is 8.41. The summed E-state index contributed by atoms with van der Waals surface area (Å²) in [4.78, 5) is 4.85. The van der Waals surface area contributed by atoms with Crippen LogP contribution in [0.5, 0.6) is 0 Å². The Bertz CT molecular complexity index is 611. The number of pyridine rings is 1. The molecule has 2 aliphatic rings. The van der Waals surface area contributed by atoms with Crippen LogP contribution in [0.2, 0.25) is 0 Å². The van der Waals surface area contributed by atoms with Crippen molar-refractivity contribution in [2.75, 3.05) is 71.0 Å². The molecule has 0 spiro atoms. The van der Waals surface area contributed by atoms with E-state index in [1.807, 2.05) is 0 Å². The summed E-state index contributed by atoms with van der Waals surface area (Å²) in [5, 5.41) is 3.30. The molecular weight excluding hydrogens is 332 g/mol. The molecule has 2 fully saturated rings. The van der Waals surface area contributed by atoms with E-state index in [2.05, 4.69) is 10.3 Å². The second kappa shape index (κ2) is 8.21. The number of hydrogen-bond acceptors (Lipinski definition) is 5. The van der Waals surface area contributed by atoms with Crippen molar-refractivity contribution in [1.82, 2.24) is 4.31 Å². The predicted octanol–water partition coefficient (Wildman–Crippen LogP) is -2.15. The van der Waals surface area contributed by atoms with Gasteiger partial charge in [-0.15, -0.1) is 0 Å². The second-order valence-electron chi connectivity index (χ2n) is 5.99. The zero-order valence-electron chi connectivity index (χ0n) is 13.8. The van der Waals surface area contributed by atoms with Crippen molar-refractivity contribution in [2.24, 2.45) is 0 Å². The summed E-state index contributed by atoms with van der Waals surface area (Å²) in [6.07, 6.45) is 1.55. The summed E-state index contributed by atoms with van der Waals surface area (Å²) < 4.78 is 37.1. The zero-order chi connectivity index (χ0) is 16.8. The van der Waals surface area contributed by atoms with Gasteiger partial charge in [-0.2, -0.15) is 4.31 Å². The Hall–Kier alpha value is -1.26. The smallest absolute Gasteiger partial charge is 0.272 e. The molecule has 24 heavy (non-hydrogen) atoms. The van der Waals surface area contributed by atoms with Crippen LogP contribution in [0.3, 0.4) is 0 Å². The van der Waals surface area contributed by atoms with Crippen molar-refractivity contribution in [3.05, 3.63) is 18.3 Å². The van der Waals surface area contributed by atoms with Crippen LogP contribution in [0.1, 0.15) is 0 Å². The van der Waals surface area contributed by atoms with E-state index < -0.39 is 10.0 Å². The molecule has 0 aromatic carbocycles. The normalized spacial score (nSPS) is 20.8. The fraction of sp³-hybridized carbons (Fsp3) is 0.667. The highest BCUT2D eigenvalue weighted by Crippen LogP contribution is 2.15. The molecule has 3 rings (SSSR count). The maximum atomic E-state index is 12.5. The predicted molar refractivity (Wildman–Crippen MR) is 87.4 cm³/mol. The maximum Gasteiger partial charge on any atom is 0.272 e. The number of anilines is 1. The molecule has 0 saturated carbocycles. The van der Waals surface area contributed by atoms with Crippen molar-refractivity contribution < 1.29 is 27.8 Å². The van der Waals surface area contributed by atoms with E-state index in [0.717, 1.165) is 45.2 Å². The molecule has 0 atom stereocenters. The lowest BCUT2D eigenvalue weighted by atomic mass is 10.4. The van der Waals surface area contributed by atoms with Gasteiger partial charge in [-0.25, -0.2) is 13.4 Å². The van der Waals surface area contributed by atoms with E-state index in [9.17, 15) is 8.42 Å². The fourth-order valence-corrected chi connectivity index (χ4v) is 4.28. The van der Waals surface area contributed by atoms with Gasteiger partial charge in [0.2, 0.25) is 10.0 Å². The van der Waals surface area contributed by atoms with Gasteiger partial charge in [0.25, 0.3) is 5.82 Å². The molecular formula is C15H26N4O4S+2. The Morgan fingerprint density at radius 3 is 2.50 bits per heavy atom. The number of hydrogen-bond donors (Lipinski definition) is 2. The van der Waals surface area contributed by atoms with Crippen LogP contribution in [-0.4, -0.2) is 78.4 Å². The van der Waals surface area contributed by atoms with Crippen LogP contribution in [0.15, 0.2) is 23.2 Å². The van der Waals surface area contributed by atoms with Gasteiger partial charge >= 0.3 is 0 Å². The van der Waals surface area contributed by atoms with Crippen LogP contribution in [0.25, 0.3) is 0 Å². The number of aromatic amines is 1. The number of H-pyrrole nitrogens is 1. The minimum absolute atomic E-state index is 0.286. The van der Waals surface area contributed by atoms with Gasteiger partial charge in [-0.1, -0.05) is 0 Å². The number of sulfonamides is 1. The Morgan fingerprint density at radius 1 is 1.12 bits per heavy atom. The Kier molecular flexibility index (Phi) is 6.01. The molecule has 0 aliphatic carbocycles. The van der Waals surface area contributed by atoms with Crippen molar-refractivity contribution in [3.8, 4) is 0 Å². The van der Waals surface area contributed by atoms with Crippen LogP contribution in [-0.2, 0) is 19.5 Å². The molecule has 0 unspecified atom stereocenters. The van der Waals surface area contributed by atoms with Gasteiger partial charge in [0.1, 0.15) is 37.3 Å². The molecule has 0 bridgehead atoms. The van der Waals surface area contributed by atoms with Crippen molar-refractivity contribution in [1.29, 1.82) is 0 Å². The highest BCUT2D eigenvalue weighted by Gasteiger charge is 2.27. The molecule has 0 radical (unpaired) electrons. The molecule has 3 N–H and O–H groups in total. The first-order valence-corrected chi connectivity index (χ1v) is 9.85. The Morgan fingerprint density at radius 2 is 1.83 bits per heavy atom. The number of ether oxygens (including phenoxy) is 2. The minimum Gasteiger partial charge on any atom is -0.379 e. The van der Waals surface area contributed by atoms with Crippen LogP contribution < -0.4 is 15.2 Å².